The number of nitrogens with zero attached hydrogens (tertiary/aromatic N) is 1. The van der Waals surface area contributed by atoms with Crippen molar-refractivity contribution in [3.8, 4) is 0 Å². The van der Waals surface area contributed by atoms with Gasteiger partial charge in [-0.05, 0) is 27.7 Å². The molecule has 2 unspecified atom stereocenters. The topological polar surface area (TPSA) is 92.8 Å². The van der Waals surface area contributed by atoms with Crippen molar-refractivity contribution in [1.82, 2.24) is 10.2 Å². The van der Waals surface area contributed by atoms with Crippen LogP contribution in [0.1, 0.15) is 41.5 Å². The summed E-state index contributed by atoms with van der Waals surface area (Å²) in [4.78, 5) is 25.3. The molecule has 8 heteroatoms. The lowest BCUT2D eigenvalue weighted by Crippen LogP contribution is -2.44. The van der Waals surface area contributed by atoms with Gasteiger partial charge in [-0.25, -0.2) is 13.2 Å². The number of hydrogen-bond acceptors (Lipinski definition) is 5. The van der Waals surface area contributed by atoms with Gasteiger partial charge in [0, 0.05) is 25.4 Å². The number of nitrogens with one attached hydrogen (secondary N) is 1. The second kappa shape index (κ2) is 8.52. The van der Waals surface area contributed by atoms with Crippen LogP contribution in [0.25, 0.3) is 0 Å². The standard InChI is InChI=1S/C15H30N2O5S/c1-8-23(20,21)10-12(3)16-13(18)11(2)9-17(7)14(19)22-15(4,5)6/h11-12H,8-10H2,1-7H3,(H,16,18). The number of hydrogen-bond donors (Lipinski definition) is 1. The van der Waals surface area contributed by atoms with Crippen LogP contribution >= 0.6 is 0 Å². The molecule has 0 aliphatic carbocycles. The van der Waals surface area contributed by atoms with Crippen LogP contribution in [0.3, 0.4) is 0 Å². The summed E-state index contributed by atoms with van der Waals surface area (Å²) in [6, 6.07) is -0.471. The zero-order valence-corrected chi connectivity index (χ0v) is 16.0. The summed E-state index contributed by atoms with van der Waals surface area (Å²) < 4.78 is 28.3. The normalized spacial score (nSPS) is 14.7. The lowest BCUT2D eigenvalue weighted by Gasteiger charge is -2.26. The van der Waals surface area contributed by atoms with Gasteiger partial charge >= 0.3 is 6.09 Å². The maximum atomic E-state index is 12.1. The van der Waals surface area contributed by atoms with Crippen molar-refractivity contribution in [2.24, 2.45) is 5.92 Å². The Balaban J connectivity index is 4.48. The first-order valence-electron chi connectivity index (χ1n) is 7.72. The van der Waals surface area contributed by atoms with E-state index in [2.05, 4.69) is 5.32 Å². The molecule has 0 aromatic rings. The Morgan fingerprint density at radius 1 is 1.22 bits per heavy atom. The Labute approximate surface area is 139 Å². The van der Waals surface area contributed by atoms with E-state index in [9.17, 15) is 18.0 Å². The molecule has 0 aliphatic heterocycles. The van der Waals surface area contributed by atoms with Gasteiger partial charge in [0.2, 0.25) is 5.91 Å². The van der Waals surface area contributed by atoms with Gasteiger partial charge in [0.15, 0.2) is 9.84 Å². The van der Waals surface area contributed by atoms with Gasteiger partial charge in [-0.1, -0.05) is 13.8 Å². The molecule has 1 N–H and O–H groups in total. The van der Waals surface area contributed by atoms with E-state index in [1.165, 1.54) is 4.90 Å². The van der Waals surface area contributed by atoms with Gasteiger partial charge in [0.1, 0.15) is 5.60 Å². The number of ether oxygens (including phenoxy) is 1. The number of carbonyl (C=O) groups is 2. The van der Waals surface area contributed by atoms with E-state index in [1.807, 2.05) is 0 Å². The van der Waals surface area contributed by atoms with Crippen molar-refractivity contribution >= 4 is 21.8 Å². The average molecular weight is 350 g/mol. The van der Waals surface area contributed by atoms with Gasteiger partial charge in [-0.3, -0.25) is 4.79 Å². The second-order valence-electron chi connectivity index (χ2n) is 6.87. The van der Waals surface area contributed by atoms with Crippen molar-refractivity contribution in [1.29, 1.82) is 0 Å². The molecule has 0 saturated heterocycles. The van der Waals surface area contributed by atoms with Gasteiger partial charge < -0.3 is 15.0 Å². The molecular formula is C15H30N2O5S. The molecule has 0 fully saturated rings. The fourth-order valence-corrected chi connectivity index (χ4v) is 2.91. The second-order valence-corrected chi connectivity index (χ2v) is 9.27. The highest BCUT2D eigenvalue weighted by Gasteiger charge is 2.24. The average Bonchev–Trinajstić information content (AvgIpc) is 2.35. The first-order chi connectivity index (χ1) is 10.3. The Bertz CT molecular complexity index is 510. The van der Waals surface area contributed by atoms with E-state index in [0.717, 1.165) is 0 Å². The molecule has 0 aliphatic rings. The molecular weight excluding hydrogens is 320 g/mol. The summed E-state index contributed by atoms with van der Waals surface area (Å²) in [7, 11) is -1.59. The van der Waals surface area contributed by atoms with Crippen molar-refractivity contribution in [3.05, 3.63) is 0 Å². The minimum Gasteiger partial charge on any atom is -0.444 e. The third-order valence-corrected chi connectivity index (χ3v) is 4.92. The number of carbonyl (C=O) groups excluding carboxylic acids is 2. The summed E-state index contributed by atoms with van der Waals surface area (Å²) in [6.45, 7) is 10.4. The highest BCUT2D eigenvalue weighted by atomic mass is 32.2. The fraction of sp³-hybridized carbons (Fsp3) is 0.867. The third-order valence-electron chi connectivity index (χ3n) is 3.03. The SMILES string of the molecule is CCS(=O)(=O)CC(C)NC(=O)C(C)CN(C)C(=O)OC(C)(C)C. The van der Waals surface area contributed by atoms with Crippen LogP contribution in [0.4, 0.5) is 4.79 Å². The molecule has 0 rings (SSSR count). The highest BCUT2D eigenvalue weighted by molar-refractivity contribution is 7.91. The van der Waals surface area contributed by atoms with Gasteiger partial charge in [-0.2, -0.15) is 0 Å². The van der Waals surface area contributed by atoms with Crippen LogP contribution < -0.4 is 5.32 Å². The molecule has 0 heterocycles. The summed E-state index contributed by atoms with van der Waals surface area (Å²) in [5.74, 6) is -0.813. The largest absolute Gasteiger partial charge is 0.444 e. The van der Waals surface area contributed by atoms with Crippen LogP contribution in [-0.2, 0) is 19.4 Å². The zero-order chi connectivity index (χ0) is 18.4. The summed E-state index contributed by atoms with van der Waals surface area (Å²) in [5.41, 5.74) is -0.597. The van der Waals surface area contributed by atoms with Gasteiger partial charge in [0.05, 0.1) is 11.7 Å². The first kappa shape index (κ1) is 21.7. The lowest BCUT2D eigenvalue weighted by atomic mass is 10.1. The molecule has 2 amide bonds. The molecule has 0 saturated carbocycles. The Morgan fingerprint density at radius 2 is 1.74 bits per heavy atom. The highest BCUT2D eigenvalue weighted by Crippen LogP contribution is 2.10. The maximum absolute atomic E-state index is 12.1. The summed E-state index contributed by atoms with van der Waals surface area (Å²) >= 11 is 0. The minimum atomic E-state index is -3.15. The number of sulfone groups is 1. The van der Waals surface area contributed by atoms with Crippen molar-refractivity contribution in [2.75, 3.05) is 25.1 Å². The quantitative estimate of drug-likeness (QED) is 0.750. The molecule has 2 atom stereocenters. The molecule has 7 nitrogen and oxygen atoms in total. The molecule has 23 heavy (non-hydrogen) atoms. The molecule has 0 aromatic carbocycles. The molecule has 0 bridgehead atoms. The molecule has 136 valence electrons. The first-order valence-corrected chi connectivity index (χ1v) is 9.54. The zero-order valence-electron chi connectivity index (χ0n) is 15.2. The van der Waals surface area contributed by atoms with E-state index in [4.69, 9.17) is 4.74 Å². The van der Waals surface area contributed by atoms with E-state index in [-0.39, 0.29) is 24.0 Å². The molecule has 0 spiro atoms. The van der Waals surface area contributed by atoms with Crippen LogP contribution in [0, 0.1) is 5.92 Å². The number of rotatable bonds is 7. The summed E-state index contributed by atoms with van der Waals surface area (Å²) in [5, 5.41) is 2.67. The number of amides is 2. The fourth-order valence-electron chi connectivity index (χ4n) is 1.83. The monoisotopic (exact) mass is 350 g/mol. The van der Waals surface area contributed by atoms with Gasteiger partial charge in [-0.15, -0.1) is 0 Å². The summed E-state index contributed by atoms with van der Waals surface area (Å²) in [6.07, 6.45) is -0.501. The van der Waals surface area contributed by atoms with Crippen LogP contribution in [0.5, 0.6) is 0 Å². The van der Waals surface area contributed by atoms with Crippen LogP contribution in [0.15, 0.2) is 0 Å². The van der Waals surface area contributed by atoms with Crippen LogP contribution in [0.2, 0.25) is 0 Å². The predicted octanol–water partition coefficient (Wildman–Crippen LogP) is 1.43. The van der Waals surface area contributed by atoms with Crippen molar-refractivity contribution < 1.29 is 22.7 Å². The van der Waals surface area contributed by atoms with Crippen molar-refractivity contribution in [2.45, 2.75) is 53.2 Å². The molecule has 0 aromatic heterocycles. The minimum absolute atomic E-state index is 0.0458. The van der Waals surface area contributed by atoms with E-state index in [0.29, 0.717) is 0 Å². The lowest BCUT2D eigenvalue weighted by molar-refractivity contribution is -0.125. The van der Waals surface area contributed by atoms with Gasteiger partial charge in [0.25, 0.3) is 0 Å². The van der Waals surface area contributed by atoms with Crippen LogP contribution in [-0.4, -0.2) is 62.1 Å². The van der Waals surface area contributed by atoms with Crippen molar-refractivity contribution in [3.63, 3.8) is 0 Å². The van der Waals surface area contributed by atoms with E-state index < -0.39 is 33.5 Å². The maximum Gasteiger partial charge on any atom is 0.410 e. The Morgan fingerprint density at radius 3 is 2.17 bits per heavy atom. The molecule has 0 radical (unpaired) electrons. The van der Waals surface area contributed by atoms with E-state index >= 15 is 0 Å². The van der Waals surface area contributed by atoms with E-state index in [1.54, 1.807) is 48.6 Å². The Hall–Kier alpha value is -1.31. The predicted molar refractivity (Wildman–Crippen MR) is 90.0 cm³/mol. The Kier molecular flexibility index (Phi) is 8.03. The third kappa shape index (κ3) is 9.43. The smallest absolute Gasteiger partial charge is 0.410 e.